The molecule has 1 heterocycles. The summed E-state index contributed by atoms with van der Waals surface area (Å²) in [6, 6.07) is 1.88. The lowest BCUT2D eigenvalue weighted by molar-refractivity contribution is -0.113. The summed E-state index contributed by atoms with van der Waals surface area (Å²) in [4.78, 5) is 25.9. The van der Waals surface area contributed by atoms with Crippen molar-refractivity contribution in [2.75, 3.05) is 0 Å². The molecule has 0 saturated carbocycles. The summed E-state index contributed by atoms with van der Waals surface area (Å²) < 4.78 is 0. The summed E-state index contributed by atoms with van der Waals surface area (Å²) >= 11 is 0. The molecule has 1 N–H and O–H groups in total. The number of ketones is 2. The molecule has 76 valence electrons. The smallest absolute Gasteiger partial charge is 0.186 e. The number of hydrogen-bond donors (Lipinski definition) is 1. The van der Waals surface area contributed by atoms with Gasteiger partial charge in [-0.1, -0.05) is 0 Å². The third-order valence-corrected chi connectivity index (χ3v) is 2.39. The number of rotatable bonds is 1. The van der Waals surface area contributed by atoms with E-state index in [4.69, 9.17) is 0 Å². The van der Waals surface area contributed by atoms with Gasteiger partial charge in [0.1, 0.15) is 0 Å². The molecule has 0 saturated heterocycles. The van der Waals surface area contributed by atoms with Crippen LogP contribution in [0.25, 0.3) is 5.57 Å². The van der Waals surface area contributed by atoms with Crippen molar-refractivity contribution in [2.45, 2.75) is 13.8 Å². The fourth-order valence-corrected chi connectivity index (χ4v) is 1.72. The Hall–Kier alpha value is -1.90. The molecule has 2 rings (SSSR count). The molecule has 0 amide bonds. The van der Waals surface area contributed by atoms with Gasteiger partial charge in [-0.3, -0.25) is 9.59 Å². The van der Waals surface area contributed by atoms with Crippen molar-refractivity contribution in [2.24, 2.45) is 0 Å². The lowest BCUT2D eigenvalue weighted by atomic mass is 9.96. The highest BCUT2D eigenvalue weighted by molar-refractivity contribution is 6.34. The van der Waals surface area contributed by atoms with Crippen molar-refractivity contribution in [1.29, 1.82) is 0 Å². The Morgan fingerprint density at radius 3 is 2.47 bits per heavy atom. The van der Waals surface area contributed by atoms with E-state index in [1.54, 1.807) is 0 Å². The van der Waals surface area contributed by atoms with Crippen molar-refractivity contribution in [3.63, 3.8) is 0 Å². The van der Waals surface area contributed by atoms with Gasteiger partial charge in [-0.2, -0.15) is 0 Å². The molecule has 3 heteroatoms. The number of carbonyl (C=O) groups is 2. The first-order valence-electron chi connectivity index (χ1n) is 4.72. The second-order valence-electron chi connectivity index (χ2n) is 3.65. The van der Waals surface area contributed by atoms with Gasteiger partial charge in [0.2, 0.25) is 0 Å². The minimum Gasteiger partial charge on any atom is -0.362 e. The molecule has 0 aromatic carbocycles. The summed E-state index contributed by atoms with van der Waals surface area (Å²) in [6.07, 6.45) is 4.00. The fraction of sp³-hybridized carbons (Fsp3) is 0.167. The van der Waals surface area contributed by atoms with Crippen LogP contribution in [0.1, 0.15) is 17.0 Å². The summed E-state index contributed by atoms with van der Waals surface area (Å²) in [5, 5.41) is 0. The van der Waals surface area contributed by atoms with E-state index >= 15 is 0 Å². The number of nitrogens with one attached hydrogen (secondary N) is 1. The lowest BCUT2D eigenvalue weighted by Gasteiger charge is -2.05. The largest absolute Gasteiger partial charge is 0.362 e. The molecular formula is C12H11NO2. The highest BCUT2D eigenvalue weighted by Crippen LogP contribution is 2.23. The average Bonchev–Trinajstić information content (AvgIpc) is 2.50. The van der Waals surface area contributed by atoms with Crippen molar-refractivity contribution in [3.8, 4) is 0 Å². The molecular weight excluding hydrogens is 190 g/mol. The van der Waals surface area contributed by atoms with Gasteiger partial charge in [-0.05, 0) is 38.1 Å². The summed E-state index contributed by atoms with van der Waals surface area (Å²) in [7, 11) is 0. The van der Waals surface area contributed by atoms with E-state index in [9.17, 15) is 9.59 Å². The maximum absolute atomic E-state index is 11.6. The average molecular weight is 201 g/mol. The zero-order valence-corrected chi connectivity index (χ0v) is 8.63. The van der Waals surface area contributed by atoms with Crippen LogP contribution in [0.3, 0.4) is 0 Å². The number of H-pyrrole nitrogens is 1. The zero-order valence-electron chi connectivity index (χ0n) is 8.63. The van der Waals surface area contributed by atoms with Crippen LogP contribution in [0.2, 0.25) is 0 Å². The fourth-order valence-electron chi connectivity index (χ4n) is 1.72. The number of aromatic amines is 1. The third kappa shape index (κ3) is 1.68. The Kier molecular flexibility index (Phi) is 2.15. The first-order chi connectivity index (χ1) is 7.08. The van der Waals surface area contributed by atoms with Crippen LogP contribution in [0, 0.1) is 13.8 Å². The first-order valence-corrected chi connectivity index (χ1v) is 4.72. The molecule has 3 nitrogen and oxygen atoms in total. The van der Waals surface area contributed by atoms with Crippen molar-refractivity contribution < 1.29 is 9.59 Å². The summed E-state index contributed by atoms with van der Waals surface area (Å²) in [5.41, 5.74) is 3.19. The van der Waals surface area contributed by atoms with E-state index in [0.29, 0.717) is 5.57 Å². The topological polar surface area (TPSA) is 49.9 Å². The molecule has 1 aromatic rings. The van der Waals surface area contributed by atoms with E-state index in [1.165, 1.54) is 18.2 Å². The molecule has 15 heavy (non-hydrogen) atoms. The molecule has 0 atom stereocenters. The highest BCUT2D eigenvalue weighted by atomic mass is 16.1. The number of aryl methyl sites for hydroxylation is 2. The van der Waals surface area contributed by atoms with Gasteiger partial charge < -0.3 is 4.98 Å². The van der Waals surface area contributed by atoms with E-state index in [1.807, 2.05) is 19.9 Å². The SMILES string of the molecule is Cc1cc(C2=CC(=O)C=CC2=O)c(C)[nH]1. The van der Waals surface area contributed by atoms with Crippen LogP contribution < -0.4 is 0 Å². The van der Waals surface area contributed by atoms with Crippen molar-refractivity contribution in [3.05, 3.63) is 41.2 Å². The van der Waals surface area contributed by atoms with Gasteiger partial charge in [0.25, 0.3) is 0 Å². The van der Waals surface area contributed by atoms with E-state index in [-0.39, 0.29) is 11.6 Å². The van der Waals surface area contributed by atoms with Crippen LogP contribution >= 0.6 is 0 Å². The van der Waals surface area contributed by atoms with E-state index in [0.717, 1.165) is 17.0 Å². The normalized spacial score (nSPS) is 15.7. The molecule has 0 aliphatic heterocycles. The predicted molar refractivity (Wildman–Crippen MR) is 57.4 cm³/mol. The number of hydrogen-bond acceptors (Lipinski definition) is 2. The molecule has 0 bridgehead atoms. The quantitative estimate of drug-likeness (QED) is 0.703. The van der Waals surface area contributed by atoms with Crippen LogP contribution in [-0.2, 0) is 9.59 Å². The minimum absolute atomic E-state index is 0.114. The molecule has 1 aromatic heterocycles. The van der Waals surface area contributed by atoms with Crippen molar-refractivity contribution >= 4 is 17.1 Å². The molecule has 0 radical (unpaired) electrons. The van der Waals surface area contributed by atoms with Crippen molar-refractivity contribution in [1.82, 2.24) is 4.98 Å². The molecule has 0 unspecified atom stereocenters. The number of allylic oxidation sites excluding steroid dienone is 4. The van der Waals surface area contributed by atoms with Gasteiger partial charge in [0.15, 0.2) is 11.6 Å². The van der Waals surface area contributed by atoms with Crippen LogP contribution in [0.5, 0.6) is 0 Å². The molecule has 0 fully saturated rings. The zero-order chi connectivity index (χ0) is 11.0. The van der Waals surface area contributed by atoms with Crippen LogP contribution in [0.4, 0.5) is 0 Å². The predicted octanol–water partition coefficient (Wildman–Crippen LogP) is 1.72. The summed E-state index contributed by atoms with van der Waals surface area (Å²) in [6.45, 7) is 3.81. The monoisotopic (exact) mass is 201 g/mol. The maximum Gasteiger partial charge on any atom is 0.186 e. The van der Waals surface area contributed by atoms with Gasteiger partial charge in [-0.25, -0.2) is 0 Å². The van der Waals surface area contributed by atoms with Gasteiger partial charge in [0.05, 0.1) is 0 Å². The number of carbonyl (C=O) groups excluding carboxylic acids is 2. The molecule has 0 spiro atoms. The highest BCUT2D eigenvalue weighted by Gasteiger charge is 2.17. The lowest BCUT2D eigenvalue weighted by Crippen LogP contribution is -2.06. The van der Waals surface area contributed by atoms with Crippen LogP contribution in [-0.4, -0.2) is 16.6 Å². The second kappa shape index (κ2) is 3.35. The Morgan fingerprint density at radius 1 is 1.13 bits per heavy atom. The van der Waals surface area contributed by atoms with Crippen LogP contribution in [0.15, 0.2) is 24.3 Å². The Labute approximate surface area is 87.5 Å². The molecule has 1 aliphatic rings. The summed E-state index contributed by atoms with van der Waals surface area (Å²) in [5.74, 6) is -0.250. The van der Waals surface area contributed by atoms with Gasteiger partial charge >= 0.3 is 0 Å². The molecule has 1 aliphatic carbocycles. The standard InChI is InChI=1S/C12H11NO2/c1-7-5-10(8(2)13-7)11-6-9(14)3-4-12(11)15/h3-6,13H,1-2H3. The minimum atomic E-state index is -0.136. The second-order valence-corrected chi connectivity index (χ2v) is 3.65. The van der Waals surface area contributed by atoms with E-state index in [2.05, 4.69) is 4.98 Å². The van der Waals surface area contributed by atoms with Gasteiger partial charge in [-0.15, -0.1) is 0 Å². The first kappa shape index (κ1) is 9.65. The maximum atomic E-state index is 11.6. The van der Waals surface area contributed by atoms with E-state index < -0.39 is 0 Å². The number of aromatic nitrogens is 1. The third-order valence-electron chi connectivity index (χ3n) is 2.39. The van der Waals surface area contributed by atoms with Gasteiger partial charge in [0, 0.05) is 22.5 Å². The Bertz CT molecular complexity index is 504. The Balaban J connectivity index is 2.51. The Morgan fingerprint density at radius 2 is 1.87 bits per heavy atom.